The quantitative estimate of drug-likeness (QED) is 0.866. The van der Waals surface area contributed by atoms with Crippen molar-refractivity contribution in [2.45, 2.75) is 12.8 Å². The topological polar surface area (TPSA) is 36.7 Å². The van der Waals surface area contributed by atoms with Gasteiger partial charge in [-0.3, -0.25) is 0 Å². The summed E-state index contributed by atoms with van der Waals surface area (Å²) in [4.78, 5) is 4.06. The maximum absolute atomic E-state index is 8.94. The third-order valence-electron chi connectivity index (χ3n) is 2.57. The molecule has 2 nitrogen and oxygen atoms in total. The molecule has 0 saturated carbocycles. The maximum atomic E-state index is 8.94. The number of benzene rings is 1. The molecule has 0 bridgehead atoms. The number of nitriles is 1. The molecule has 0 aliphatic rings. The van der Waals surface area contributed by atoms with E-state index in [-0.39, 0.29) is 0 Å². The molecule has 0 fully saturated rings. The highest BCUT2D eigenvalue weighted by Gasteiger charge is 2.02. The summed E-state index contributed by atoms with van der Waals surface area (Å²) in [5.74, 6) is 0. The van der Waals surface area contributed by atoms with Crippen molar-refractivity contribution in [3.63, 3.8) is 0 Å². The summed E-state index contributed by atoms with van der Waals surface area (Å²) in [6.45, 7) is 0. The summed E-state index contributed by atoms with van der Waals surface area (Å²) in [6.07, 6.45) is 3.41. The van der Waals surface area contributed by atoms with Crippen molar-refractivity contribution in [2.75, 3.05) is 0 Å². The Kier molecular flexibility index (Phi) is 3.89. The van der Waals surface area contributed by atoms with Gasteiger partial charge in [-0.25, -0.2) is 4.98 Å². The molecule has 17 heavy (non-hydrogen) atoms. The molecule has 1 aromatic heterocycles. The maximum Gasteiger partial charge on any atom is 0.143 e. The highest BCUT2D eigenvalue weighted by molar-refractivity contribution is 9.10. The largest absolute Gasteiger partial charge is 0.245 e. The summed E-state index contributed by atoms with van der Waals surface area (Å²) < 4.78 is 1.08. The Hall–Kier alpha value is -1.66. The van der Waals surface area contributed by atoms with E-state index in [1.54, 1.807) is 6.20 Å². The summed E-state index contributed by atoms with van der Waals surface area (Å²) >= 11 is 3.45. The molecule has 0 atom stereocenters. The van der Waals surface area contributed by atoms with Gasteiger partial charge in [-0.15, -0.1) is 0 Å². The molecule has 0 aliphatic heterocycles. The Morgan fingerprint density at radius 2 is 2.06 bits per heavy atom. The van der Waals surface area contributed by atoms with Crippen LogP contribution in [0.2, 0.25) is 0 Å². The second kappa shape index (κ2) is 5.60. The van der Waals surface area contributed by atoms with Gasteiger partial charge in [0, 0.05) is 10.7 Å². The van der Waals surface area contributed by atoms with Crippen LogP contribution in [0.3, 0.4) is 0 Å². The zero-order valence-corrected chi connectivity index (χ0v) is 10.8. The molecule has 2 aromatic rings. The second-order valence-corrected chi connectivity index (χ2v) is 4.67. The monoisotopic (exact) mass is 286 g/mol. The minimum atomic E-state index is 0.530. The molecule has 1 heterocycles. The Balaban J connectivity index is 2.10. The second-order valence-electron chi connectivity index (χ2n) is 3.75. The lowest BCUT2D eigenvalue weighted by molar-refractivity contribution is 0.941. The van der Waals surface area contributed by atoms with E-state index in [9.17, 15) is 0 Å². The molecule has 2 rings (SSSR count). The third kappa shape index (κ3) is 3.15. The molecular formula is C14H11BrN2. The first kappa shape index (κ1) is 11.8. The van der Waals surface area contributed by atoms with E-state index in [0.29, 0.717) is 5.69 Å². The SMILES string of the molecule is N#Cc1ncccc1CCc1cccc(Br)c1. The van der Waals surface area contributed by atoms with Crippen LogP contribution in [-0.2, 0) is 12.8 Å². The number of pyridine rings is 1. The Bertz CT molecular complexity index is 558. The van der Waals surface area contributed by atoms with Gasteiger partial charge in [-0.05, 0) is 42.2 Å². The number of halogens is 1. The van der Waals surface area contributed by atoms with Crippen LogP contribution in [0.1, 0.15) is 16.8 Å². The summed E-state index contributed by atoms with van der Waals surface area (Å²) in [7, 11) is 0. The fourth-order valence-corrected chi connectivity index (χ4v) is 2.16. The van der Waals surface area contributed by atoms with E-state index in [4.69, 9.17) is 5.26 Å². The molecule has 0 saturated heterocycles. The molecule has 1 aromatic carbocycles. The third-order valence-corrected chi connectivity index (χ3v) is 3.06. The number of nitrogens with zero attached hydrogens (tertiary/aromatic N) is 2. The molecular weight excluding hydrogens is 276 g/mol. The molecule has 0 N–H and O–H groups in total. The van der Waals surface area contributed by atoms with Crippen molar-refractivity contribution in [3.05, 3.63) is 63.9 Å². The number of hydrogen-bond acceptors (Lipinski definition) is 2. The molecule has 0 radical (unpaired) electrons. The number of hydrogen-bond donors (Lipinski definition) is 0. The first-order valence-electron chi connectivity index (χ1n) is 5.38. The lowest BCUT2D eigenvalue weighted by Gasteiger charge is -2.03. The molecule has 0 spiro atoms. The van der Waals surface area contributed by atoms with E-state index >= 15 is 0 Å². The van der Waals surface area contributed by atoms with Crippen LogP contribution in [0.5, 0.6) is 0 Å². The molecule has 84 valence electrons. The van der Waals surface area contributed by atoms with Gasteiger partial charge in [0.1, 0.15) is 11.8 Å². The van der Waals surface area contributed by atoms with Gasteiger partial charge in [0.2, 0.25) is 0 Å². The smallest absolute Gasteiger partial charge is 0.143 e. The van der Waals surface area contributed by atoms with Crippen molar-refractivity contribution in [2.24, 2.45) is 0 Å². The number of rotatable bonds is 3. The van der Waals surface area contributed by atoms with Gasteiger partial charge in [0.05, 0.1) is 0 Å². The summed E-state index contributed by atoms with van der Waals surface area (Å²) in [5.41, 5.74) is 2.80. The van der Waals surface area contributed by atoms with Crippen LogP contribution < -0.4 is 0 Å². The molecule has 0 aliphatic carbocycles. The van der Waals surface area contributed by atoms with Crippen LogP contribution in [0.15, 0.2) is 47.1 Å². The molecule has 0 unspecified atom stereocenters. The highest BCUT2D eigenvalue weighted by Crippen LogP contribution is 2.14. The van der Waals surface area contributed by atoms with Crippen molar-refractivity contribution < 1.29 is 0 Å². The van der Waals surface area contributed by atoms with Gasteiger partial charge in [-0.2, -0.15) is 5.26 Å². The van der Waals surface area contributed by atoms with E-state index in [1.165, 1.54) is 5.56 Å². The average molecular weight is 287 g/mol. The van der Waals surface area contributed by atoms with Crippen LogP contribution in [0.4, 0.5) is 0 Å². The van der Waals surface area contributed by atoms with Crippen LogP contribution in [-0.4, -0.2) is 4.98 Å². The predicted molar refractivity (Wildman–Crippen MR) is 70.5 cm³/mol. The lowest BCUT2D eigenvalue weighted by atomic mass is 10.0. The zero-order valence-electron chi connectivity index (χ0n) is 9.23. The van der Waals surface area contributed by atoms with Crippen molar-refractivity contribution in [1.29, 1.82) is 5.26 Å². The minimum absolute atomic E-state index is 0.530. The van der Waals surface area contributed by atoms with Crippen molar-refractivity contribution >= 4 is 15.9 Å². The van der Waals surface area contributed by atoms with E-state index in [2.05, 4.69) is 39.1 Å². The predicted octanol–water partition coefficient (Wildman–Crippen LogP) is 3.50. The van der Waals surface area contributed by atoms with E-state index < -0.39 is 0 Å². The summed E-state index contributed by atoms with van der Waals surface area (Å²) in [5, 5.41) is 8.94. The normalized spacial score (nSPS) is 9.88. The standard InChI is InChI=1S/C14H11BrN2/c15-13-5-1-3-11(9-13)6-7-12-4-2-8-17-14(12)10-16/h1-5,8-9H,6-7H2. The Labute approximate surface area is 109 Å². The van der Waals surface area contributed by atoms with Crippen molar-refractivity contribution in [3.8, 4) is 6.07 Å². The molecule has 3 heteroatoms. The van der Waals surface area contributed by atoms with Gasteiger partial charge in [0.15, 0.2) is 0 Å². The van der Waals surface area contributed by atoms with E-state index in [0.717, 1.165) is 22.9 Å². The number of aryl methyl sites for hydroxylation is 2. The Morgan fingerprint density at radius 1 is 1.18 bits per heavy atom. The van der Waals surface area contributed by atoms with Crippen LogP contribution in [0, 0.1) is 11.3 Å². The number of aromatic nitrogens is 1. The average Bonchev–Trinajstić information content (AvgIpc) is 2.37. The first-order valence-corrected chi connectivity index (χ1v) is 6.17. The first-order chi connectivity index (χ1) is 8.29. The van der Waals surface area contributed by atoms with Crippen molar-refractivity contribution in [1.82, 2.24) is 4.98 Å². The van der Waals surface area contributed by atoms with Gasteiger partial charge < -0.3 is 0 Å². The fourth-order valence-electron chi connectivity index (χ4n) is 1.71. The zero-order chi connectivity index (χ0) is 12.1. The van der Waals surface area contributed by atoms with Crippen LogP contribution in [0.25, 0.3) is 0 Å². The minimum Gasteiger partial charge on any atom is -0.245 e. The fraction of sp³-hybridized carbons (Fsp3) is 0.143. The lowest BCUT2D eigenvalue weighted by Crippen LogP contribution is -1.96. The highest BCUT2D eigenvalue weighted by atomic mass is 79.9. The van der Waals surface area contributed by atoms with Crippen LogP contribution >= 0.6 is 15.9 Å². The van der Waals surface area contributed by atoms with E-state index in [1.807, 2.05) is 24.3 Å². The van der Waals surface area contributed by atoms with Gasteiger partial charge >= 0.3 is 0 Å². The van der Waals surface area contributed by atoms with Gasteiger partial charge in [-0.1, -0.05) is 34.1 Å². The summed E-state index contributed by atoms with van der Waals surface area (Å²) in [6, 6.07) is 14.2. The Morgan fingerprint density at radius 3 is 2.82 bits per heavy atom. The van der Waals surface area contributed by atoms with Gasteiger partial charge in [0.25, 0.3) is 0 Å². The molecule has 0 amide bonds.